The molecule has 2 unspecified atom stereocenters. The molecule has 0 spiro atoms. The van der Waals surface area contributed by atoms with Gasteiger partial charge in [0.2, 0.25) is 0 Å². The first-order valence-electron chi connectivity index (χ1n) is 11.8. The highest BCUT2D eigenvalue weighted by atomic mass is 16.6. The minimum atomic E-state index is -0.953. The first-order chi connectivity index (χ1) is 16.8. The van der Waals surface area contributed by atoms with Crippen molar-refractivity contribution >= 4 is 23.3 Å². The van der Waals surface area contributed by atoms with Crippen LogP contribution in [-0.4, -0.2) is 62.2 Å². The quantitative estimate of drug-likeness (QED) is 0.166. The van der Waals surface area contributed by atoms with Crippen molar-refractivity contribution in [1.29, 1.82) is 0 Å². The highest BCUT2D eigenvalue weighted by molar-refractivity contribution is 6.07. The average Bonchev–Trinajstić information content (AvgIpc) is 2.83. The zero-order valence-electron chi connectivity index (χ0n) is 20.8. The molecule has 0 aromatic heterocycles. The SMILES string of the molecule is CCCOCCOC(=O)C1=C(C)N=C(C)C(C(=O)OCCOCCC)C1c1cccc([N+](=O)[O-])c1. The lowest BCUT2D eigenvalue weighted by Crippen LogP contribution is -2.37. The van der Waals surface area contributed by atoms with E-state index in [0.717, 1.165) is 12.8 Å². The number of aliphatic imine (C=N–C) groups is 1. The minimum absolute atomic E-state index is 0.0316. The van der Waals surface area contributed by atoms with E-state index in [2.05, 4.69) is 4.99 Å². The zero-order valence-corrected chi connectivity index (χ0v) is 20.8. The van der Waals surface area contributed by atoms with E-state index in [1.807, 2.05) is 13.8 Å². The first-order valence-corrected chi connectivity index (χ1v) is 11.8. The van der Waals surface area contributed by atoms with Gasteiger partial charge >= 0.3 is 11.9 Å². The monoisotopic (exact) mass is 490 g/mol. The summed E-state index contributed by atoms with van der Waals surface area (Å²) >= 11 is 0. The molecule has 1 aliphatic rings. The molecule has 2 rings (SSSR count). The van der Waals surface area contributed by atoms with Gasteiger partial charge in [0.15, 0.2) is 0 Å². The van der Waals surface area contributed by atoms with Crippen LogP contribution in [-0.2, 0) is 28.5 Å². The lowest BCUT2D eigenvalue weighted by atomic mass is 9.75. The summed E-state index contributed by atoms with van der Waals surface area (Å²) in [6, 6.07) is 5.88. The van der Waals surface area contributed by atoms with E-state index in [9.17, 15) is 19.7 Å². The number of hydrogen-bond acceptors (Lipinski definition) is 9. The van der Waals surface area contributed by atoms with Gasteiger partial charge in [-0.15, -0.1) is 0 Å². The highest BCUT2D eigenvalue weighted by Gasteiger charge is 2.42. The van der Waals surface area contributed by atoms with Crippen molar-refractivity contribution in [1.82, 2.24) is 0 Å². The van der Waals surface area contributed by atoms with Crippen LogP contribution in [0.2, 0.25) is 0 Å². The van der Waals surface area contributed by atoms with Gasteiger partial charge < -0.3 is 18.9 Å². The van der Waals surface area contributed by atoms with Crippen LogP contribution >= 0.6 is 0 Å². The Balaban J connectivity index is 2.37. The molecule has 1 aliphatic heterocycles. The van der Waals surface area contributed by atoms with Gasteiger partial charge in [-0.3, -0.25) is 19.9 Å². The predicted molar refractivity (Wildman–Crippen MR) is 129 cm³/mol. The molecule has 10 nitrogen and oxygen atoms in total. The maximum Gasteiger partial charge on any atom is 0.336 e. The van der Waals surface area contributed by atoms with Crippen molar-refractivity contribution in [3.63, 3.8) is 0 Å². The van der Waals surface area contributed by atoms with Crippen LogP contribution in [0.3, 0.4) is 0 Å². The second-order valence-electron chi connectivity index (χ2n) is 8.09. The number of rotatable bonds is 14. The number of benzene rings is 1. The van der Waals surface area contributed by atoms with Gasteiger partial charge in [0.1, 0.15) is 19.1 Å². The van der Waals surface area contributed by atoms with E-state index in [1.54, 1.807) is 19.9 Å². The van der Waals surface area contributed by atoms with E-state index in [1.165, 1.54) is 18.2 Å². The lowest BCUT2D eigenvalue weighted by molar-refractivity contribution is -0.384. The molecule has 0 radical (unpaired) electrons. The van der Waals surface area contributed by atoms with Crippen LogP contribution in [0.25, 0.3) is 0 Å². The molecule has 1 heterocycles. The smallest absolute Gasteiger partial charge is 0.336 e. The van der Waals surface area contributed by atoms with Crippen LogP contribution in [0.4, 0.5) is 5.69 Å². The molecule has 35 heavy (non-hydrogen) atoms. The van der Waals surface area contributed by atoms with Gasteiger partial charge in [-0.2, -0.15) is 0 Å². The maximum absolute atomic E-state index is 13.2. The second-order valence-corrected chi connectivity index (χ2v) is 8.09. The summed E-state index contributed by atoms with van der Waals surface area (Å²) in [5.41, 5.74) is 1.26. The topological polar surface area (TPSA) is 127 Å². The molecule has 0 bridgehead atoms. The van der Waals surface area contributed by atoms with Gasteiger partial charge in [-0.1, -0.05) is 26.0 Å². The van der Waals surface area contributed by atoms with Gasteiger partial charge in [0.05, 0.1) is 23.7 Å². The number of esters is 2. The first kappa shape index (κ1) is 28.1. The molecular formula is C25H34N2O8. The highest BCUT2D eigenvalue weighted by Crippen LogP contribution is 2.41. The number of allylic oxidation sites excluding steroid dienone is 1. The fraction of sp³-hybridized carbons (Fsp3) is 0.560. The lowest BCUT2D eigenvalue weighted by Gasteiger charge is -2.31. The van der Waals surface area contributed by atoms with Crippen molar-refractivity contribution in [3.05, 3.63) is 51.2 Å². The number of nitrogens with zero attached hydrogens (tertiary/aromatic N) is 2. The summed E-state index contributed by atoms with van der Waals surface area (Å²) in [4.78, 5) is 41.6. The van der Waals surface area contributed by atoms with E-state index in [-0.39, 0.29) is 37.7 Å². The van der Waals surface area contributed by atoms with Crippen molar-refractivity contribution in [2.45, 2.75) is 46.5 Å². The molecule has 0 aliphatic carbocycles. The fourth-order valence-electron chi connectivity index (χ4n) is 3.85. The van der Waals surface area contributed by atoms with Crippen LogP contribution in [0.5, 0.6) is 0 Å². The van der Waals surface area contributed by atoms with Crippen LogP contribution in [0.1, 0.15) is 52.0 Å². The van der Waals surface area contributed by atoms with Gasteiger partial charge in [-0.05, 0) is 32.3 Å². The van der Waals surface area contributed by atoms with Crippen molar-refractivity contribution in [3.8, 4) is 0 Å². The third kappa shape index (κ3) is 7.97. The Bertz CT molecular complexity index is 957. The van der Waals surface area contributed by atoms with Crippen molar-refractivity contribution < 1.29 is 33.5 Å². The molecular weight excluding hydrogens is 456 g/mol. The number of carbonyl (C=O) groups is 2. The summed E-state index contributed by atoms with van der Waals surface area (Å²) in [5, 5.41) is 11.4. The molecule has 0 saturated heterocycles. The predicted octanol–water partition coefficient (Wildman–Crippen LogP) is 3.98. The molecule has 1 aromatic rings. The number of hydrogen-bond donors (Lipinski definition) is 0. The summed E-state index contributed by atoms with van der Waals surface area (Å²) in [7, 11) is 0. The summed E-state index contributed by atoms with van der Waals surface area (Å²) in [5.74, 6) is -3.06. The molecule has 0 amide bonds. The number of carbonyl (C=O) groups excluding carboxylic acids is 2. The Morgan fingerprint density at radius 3 is 2.20 bits per heavy atom. The summed E-state index contributed by atoms with van der Waals surface area (Å²) in [6.07, 6.45) is 1.69. The van der Waals surface area contributed by atoms with E-state index in [4.69, 9.17) is 18.9 Å². The van der Waals surface area contributed by atoms with Crippen molar-refractivity contribution in [2.75, 3.05) is 39.6 Å². The molecule has 0 N–H and O–H groups in total. The Morgan fingerprint density at radius 2 is 1.60 bits per heavy atom. The minimum Gasteiger partial charge on any atom is -0.463 e. The number of nitro groups is 1. The Hall–Kier alpha value is -3.11. The van der Waals surface area contributed by atoms with Crippen molar-refractivity contribution in [2.24, 2.45) is 10.9 Å². The molecule has 0 saturated carbocycles. The molecule has 0 fully saturated rings. The van der Waals surface area contributed by atoms with Gasteiger partial charge in [-0.25, -0.2) is 4.79 Å². The van der Waals surface area contributed by atoms with Crippen LogP contribution < -0.4 is 0 Å². The Kier molecular flexibility index (Phi) is 11.5. The normalized spacial score (nSPS) is 17.7. The number of nitro benzene ring substituents is 1. The van der Waals surface area contributed by atoms with Crippen LogP contribution in [0, 0.1) is 16.0 Å². The summed E-state index contributed by atoms with van der Waals surface area (Å²) < 4.78 is 21.6. The van der Waals surface area contributed by atoms with Gasteiger partial charge in [0, 0.05) is 42.7 Å². The third-order valence-corrected chi connectivity index (χ3v) is 5.37. The van der Waals surface area contributed by atoms with Gasteiger partial charge in [0.25, 0.3) is 5.69 Å². The molecule has 192 valence electrons. The van der Waals surface area contributed by atoms with E-state index in [0.29, 0.717) is 30.2 Å². The largest absolute Gasteiger partial charge is 0.463 e. The fourth-order valence-corrected chi connectivity index (χ4v) is 3.85. The Morgan fingerprint density at radius 1 is 0.971 bits per heavy atom. The molecule has 1 aromatic carbocycles. The zero-order chi connectivity index (χ0) is 25.8. The second kappa shape index (κ2) is 14.3. The third-order valence-electron chi connectivity index (χ3n) is 5.37. The van der Waals surface area contributed by atoms with E-state index >= 15 is 0 Å². The summed E-state index contributed by atoms with van der Waals surface area (Å²) in [6.45, 7) is 8.93. The molecule has 10 heteroatoms. The Labute approximate surface area is 205 Å². The van der Waals surface area contributed by atoms with E-state index < -0.39 is 28.7 Å². The molecule has 2 atom stereocenters. The average molecular weight is 491 g/mol. The number of ether oxygens (including phenoxy) is 4. The maximum atomic E-state index is 13.2. The number of non-ortho nitro benzene ring substituents is 1. The van der Waals surface area contributed by atoms with Crippen LogP contribution in [0.15, 0.2) is 40.5 Å². The standard InChI is InChI=1S/C25H34N2O8/c1-5-10-32-12-14-34-24(28)21-17(3)26-18(4)22(25(29)35-15-13-33-11-6-2)23(21)19-8-7-9-20(16-19)27(30)31/h7-9,16,21,23H,5-6,10-15H2,1-4H3.